The predicted molar refractivity (Wildman–Crippen MR) is 97.6 cm³/mol. The normalized spacial score (nSPS) is 14.3. The van der Waals surface area contributed by atoms with E-state index in [0.29, 0.717) is 24.2 Å². The smallest absolute Gasteiger partial charge is 0.261 e. The lowest BCUT2D eigenvalue weighted by molar-refractivity contribution is 0.0642. The number of hydrogen-bond acceptors (Lipinski definition) is 4. The van der Waals surface area contributed by atoms with E-state index < -0.39 is 0 Å². The largest absolute Gasteiger partial charge is 0.352 e. The average Bonchev–Trinajstić information content (AvgIpc) is 2.91. The van der Waals surface area contributed by atoms with Gasteiger partial charge in [-0.1, -0.05) is 37.3 Å². The molecule has 0 saturated carbocycles. The van der Waals surface area contributed by atoms with Gasteiger partial charge in [0.1, 0.15) is 0 Å². The molecule has 134 valence electrons. The van der Waals surface area contributed by atoms with Crippen LogP contribution in [-0.2, 0) is 6.54 Å². The molecule has 1 heterocycles. The van der Waals surface area contributed by atoms with Crippen LogP contribution in [0.2, 0.25) is 0 Å². The lowest BCUT2D eigenvalue weighted by atomic mass is 10.0. The standard InChI is InChI=1S/C20H21N3O3/c1-13(10-21)11-22-18(24)15-7-8-16-17(9-15)20(26)23(19(16)25)12-14-5-3-2-4-6-14/h2-9,13H,10-12,21H2,1H3,(H,22,24). The van der Waals surface area contributed by atoms with Gasteiger partial charge in [-0.25, -0.2) is 0 Å². The molecule has 2 aromatic carbocycles. The highest BCUT2D eigenvalue weighted by atomic mass is 16.2. The number of hydrogen-bond donors (Lipinski definition) is 2. The van der Waals surface area contributed by atoms with Crippen LogP contribution in [0.25, 0.3) is 0 Å². The maximum absolute atomic E-state index is 12.7. The lowest BCUT2D eigenvalue weighted by Gasteiger charge is -2.13. The number of carbonyl (C=O) groups excluding carboxylic acids is 3. The number of rotatable bonds is 6. The van der Waals surface area contributed by atoms with Crippen LogP contribution in [0, 0.1) is 5.92 Å². The first kappa shape index (κ1) is 17.8. The van der Waals surface area contributed by atoms with Crippen LogP contribution in [0.4, 0.5) is 0 Å². The van der Waals surface area contributed by atoms with Crippen LogP contribution in [0.3, 0.4) is 0 Å². The molecule has 0 spiro atoms. The zero-order chi connectivity index (χ0) is 18.7. The number of nitrogens with two attached hydrogens (primary N) is 1. The molecule has 3 amide bonds. The summed E-state index contributed by atoms with van der Waals surface area (Å²) in [6.45, 7) is 3.08. The predicted octanol–water partition coefficient (Wildman–Crippen LogP) is 1.81. The second kappa shape index (κ2) is 7.49. The van der Waals surface area contributed by atoms with Crippen molar-refractivity contribution in [3.05, 3.63) is 70.8 Å². The number of benzene rings is 2. The Morgan fingerprint density at radius 1 is 1.08 bits per heavy atom. The molecule has 2 aromatic rings. The zero-order valence-electron chi connectivity index (χ0n) is 14.6. The lowest BCUT2D eigenvalue weighted by Crippen LogP contribution is -2.31. The van der Waals surface area contributed by atoms with E-state index >= 15 is 0 Å². The number of nitrogens with one attached hydrogen (secondary N) is 1. The van der Waals surface area contributed by atoms with E-state index in [2.05, 4.69) is 5.32 Å². The molecule has 1 unspecified atom stereocenters. The summed E-state index contributed by atoms with van der Waals surface area (Å²) in [4.78, 5) is 38.7. The molecule has 26 heavy (non-hydrogen) atoms. The van der Waals surface area contributed by atoms with Gasteiger partial charge < -0.3 is 11.1 Å². The molecule has 0 aliphatic carbocycles. The summed E-state index contributed by atoms with van der Waals surface area (Å²) in [6.07, 6.45) is 0. The quantitative estimate of drug-likeness (QED) is 0.776. The third-order valence-corrected chi connectivity index (χ3v) is 4.43. The van der Waals surface area contributed by atoms with Gasteiger partial charge in [0.15, 0.2) is 0 Å². The summed E-state index contributed by atoms with van der Waals surface area (Å²) in [5.41, 5.74) is 7.37. The van der Waals surface area contributed by atoms with E-state index in [4.69, 9.17) is 5.73 Å². The Morgan fingerprint density at radius 3 is 2.46 bits per heavy atom. The van der Waals surface area contributed by atoms with Crippen molar-refractivity contribution in [3.8, 4) is 0 Å². The Kier molecular flexibility index (Phi) is 5.14. The van der Waals surface area contributed by atoms with E-state index in [1.54, 1.807) is 12.1 Å². The van der Waals surface area contributed by atoms with Crippen LogP contribution in [0.5, 0.6) is 0 Å². The fraction of sp³-hybridized carbons (Fsp3) is 0.250. The van der Waals surface area contributed by atoms with Crippen molar-refractivity contribution in [2.45, 2.75) is 13.5 Å². The maximum atomic E-state index is 12.7. The second-order valence-electron chi connectivity index (χ2n) is 6.49. The SMILES string of the molecule is CC(CN)CNC(=O)c1ccc2c(c1)C(=O)N(Cc1ccccc1)C2=O. The molecule has 0 bridgehead atoms. The third kappa shape index (κ3) is 3.50. The van der Waals surface area contributed by atoms with Gasteiger partial charge in [-0.05, 0) is 36.2 Å². The van der Waals surface area contributed by atoms with Crippen molar-refractivity contribution in [1.82, 2.24) is 10.2 Å². The number of carbonyl (C=O) groups is 3. The van der Waals surface area contributed by atoms with Crippen molar-refractivity contribution in [3.63, 3.8) is 0 Å². The van der Waals surface area contributed by atoms with Gasteiger partial charge in [0.25, 0.3) is 17.7 Å². The van der Waals surface area contributed by atoms with Gasteiger partial charge in [-0.2, -0.15) is 0 Å². The molecule has 0 aromatic heterocycles. The van der Waals surface area contributed by atoms with Crippen LogP contribution in [0.15, 0.2) is 48.5 Å². The molecular weight excluding hydrogens is 330 g/mol. The van der Waals surface area contributed by atoms with Gasteiger partial charge in [0.05, 0.1) is 17.7 Å². The molecule has 6 heteroatoms. The minimum atomic E-state index is -0.376. The molecule has 3 N–H and O–H groups in total. The third-order valence-electron chi connectivity index (χ3n) is 4.43. The van der Waals surface area contributed by atoms with E-state index in [-0.39, 0.29) is 35.7 Å². The molecule has 1 aliphatic rings. The van der Waals surface area contributed by atoms with Crippen molar-refractivity contribution in [2.75, 3.05) is 13.1 Å². The highest BCUT2D eigenvalue weighted by Gasteiger charge is 2.35. The van der Waals surface area contributed by atoms with Crippen molar-refractivity contribution in [2.24, 2.45) is 11.7 Å². The van der Waals surface area contributed by atoms with E-state index in [9.17, 15) is 14.4 Å². The summed E-state index contributed by atoms with van der Waals surface area (Å²) >= 11 is 0. The minimum absolute atomic E-state index is 0.165. The first-order valence-electron chi connectivity index (χ1n) is 8.53. The fourth-order valence-electron chi connectivity index (χ4n) is 2.79. The van der Waals surface area contributed by atoms with Gasteiger partial charge in [0, 0.05) is 12.1 Å². The number of nitrogens with zero attached hydrogens (tertiary/aromatic N) is 1. The van der Waals surface area contributed by atoms with E-state index in [1.807, 2.05) is 37.3 Å². The van der Waals surface area contributed by atoms with Crippen LogP contribution in [-0.4, -0.2) is 35.7 Å². The minimum Gasteiger partial charge on any atom is -0.352 e. The molecule has 6 nitrogen and oxygen atoms in total. The topological polar surface area (TPSA) is 92.5 Å². The average molecular weight is 351 g/mol. The molecule has 1 atom stereocenters. The first-order chi connectivity index (χ1) is 12.5. The first-order valence-corrected chi connectivity index (χ1v) is 8.53. The number of fused-ring (bicyclic) bond motifs is 1. The summed E-state index contributed by atoms with van der Waals surface area (Å²) < 4.78 is 0. The van der Waals surface area contributed by atoms with Crippen molar-refractivity contribution >= 4 is 17.7 Å². The van der Waals surface area contributed by atoms with E-state index in [0.717, 1.165) is 5.56 Å². The Balaban J connectivity index is 1.78. The fourth-order valence-corrected chi connectivity index (χ4v) is 2.79. The van der Waals surface area contributed by atoms with Crippen LogP contribution < -0.4 is 11.1 Å². The molecule has 0 radical (unpaired) electrons. The molecule has 0 fully saturated rings. The molecule has 1 aliphatic heterocycles. The van der Waals surface area contributed by atoms with Crippen molar-refractivity contribution < 1.29 is 14.4 Å². The molecular formula is C20H21N3O3. The molecule has 0 saturated heterocycles. The molecule has 3 rings (SSSR count). The Bertz CT molecular complexity index is 849. The second-order valence-corrected chi connectivity index (χ2v) is 6.49. The van der Waals surface area contributed by atoms with E-state index in [1.165, 1.54) is 11.0 Å². The summed E-state index contributed by atoms with van der Waals surface area (Å²) in [5.74, 6) is -0.829. The van der Waals surface area contributed by atoms with Crippen LogP contribution >= 0.6 is 0 Å². The number of imide groups is 1. The van der Waals surface area contributed by atoms with Gasteiger partial charge in [-0.3, -0.25) is 19.3 Å². The van der Waals surface area contributed by atoms with Gasteiger partial charge in [-0.15, -0.1) is 0 Å². The summed E-state index contributed by atoms with van der Waals surface area (Å²) in [5, 5.41) is 2.79. The van der Waals surface area contributed by atoms with Crippen LogP contribution in [0.1, 0.15) is 43.6 Å². The summed E-state index contributed by atoms with van der Waals surface area (Å²) in [6, 6.07) is 13.9. The number of amides is 3. The Labute approximate surface area is 152 Å². The summed E-state index contributed by atoms with van der Waals surface area (Å²) in [7, 11) is 0. The van der Waals surface area contributed by atoms with Gasteiger partial charge in [0.2, 0.25) is 0 Å². The highest BCUT2D eigenvalue weighted by molar-refractivity contribution is 6.22. The Morgan fingerprint density at radius 2 is 1.77 bits per heavy atom. The highest BCUT2D eigenvalue weighted by Crippen LogP contribution is 2.25. The zero-order valence-corrected chi connectivity index (χ0v) is 14.6. The monoisotopic (exact) mass is 351 g/mol. The maximum Gasteiger partial charge on any atom is 0.261 e. The van der Waals surface area contributed by atoms with Crippen molar-refractivity contribution in [1.29, 1.82) is 0 Å². The van der Waals surface area contributed by atoms with Gasteiger partial charge >= 0.3 is 0 Å². The Hall–Kier alpha value is -2.99.